The number of nitrogens with zero attached hydrogens (tertiary/aromatic N) is 2. The molecule has 2 rings (SSSR count). The fraction of sp³-hybridized carbons (Fsp3) is 0.400. The number of phenolic OH excluding ortho intramolecular Hbond substituents is 1. The van der Waals surface area contributed by atoms with Crippen LogP contribution in [0.1, 0.15) is 52.1 Å². The summed E-state index contributed by atoms with van der Waals surface area (Å²) < 4.78 is 0. The topological polar surface area (TPSA) is 57.5 Å². The van der Waals surface area contributed by atoms with Crippen LogP contribution in [0, 0.1) is 0 Å². The third-order valence-corrected chi connectivity index (χ3v) is 3.62. The van der Waals surface area contributed by atoms with E-state index >= 15 is 0 Å². The first-order chi connectivity index (χ1) is 11.7. The lowest BCUT2D eigenvalue weighted by molar-refractivity contribution is 0.457. The van der Waals surface area contributed by atoms with Crippen LogP contribution in [0.4, 0.5) is 0 Å². The average Bonchev–Trinajstić information content (AvgIpc) is 2.63. The van der Waals surface area contributed by atoms with E-state index in [-0.39, 0.29) is 11.8 Å². The molecule has 2 aromatic rings. The van der Waals surface area contributed by atoms with E-state index in [2.05, 4.69) is 22.2 Å². The normalized spacial score (nSPS) is 12.8. The van der Waals surface area contributed by atoms with Crippen LogP contribution < -0.4 is 5.32 Å². The molecule has 0 saturated heterocycles. The molecule has 4 heteroatoms. The first-order valence-electron chi connectivity index (χ1n) is 8.63. The molecule has 0 aliphatic heterocycles. The Bertz CT molecular complexity index is 692. The molecule has 24 heavy (non-hydrogen) atoms. The molecule has 0 bridgehead atoms. The van der Waals surface area contributed by atoms with Crippen molar-refractivity contribution in [1.29, 1.82) is 0 Å². The number of amidine groups is 1. The second kappa shape index (κ2) is 10.4. The van der Waals surface area contributed by atoms with Crippen molar-refractivity contribution in [2.75, 3.05) is 7.05 Å². The molecule has 1 aromatic carbocycles. The van der Waals surface area contributed by atoms with E-state index in [1.54, 1.807) is 13.2 Å². The standard InChI is InChI=1S/C18H23N3O.C2H6/c1-4-7-15(21-16(19-3)8-5-2)14-11-10-13-9-6-12-20-17(13)18(14)22;1-2/h5-6,8-12,15,22H,4,7H2,1-3H3,(H,19,21);1-2H3/b8-5-;. The number of pyridine rings is 1. The monoisotopic (exact) mass is 327 g/mol. The van der Waals surface area contributed by atoms with Crippen molar-refractivity contribution in [1.82, 2.24) is 10.3 Å². The average molecular weight is 327 g/mol. The van der Waals surface area contributed by atoms with Crippen LogP contribution in [0.3, 0.4) is 0 Å². The largest absolute Gasteiger partial charge is 0.505 e. The highest BCUT2D eigenvalue weighted by atomic mass is 16.3. The Kier molecular flexibility index (Phi) is 8.55. The van der Waals surface area contributed by atoms with E-state index in [4.69, 9.17) is 0 Å². The summed E-state index contributed by atoms with van der Waals surface area (Å²) in [5.74, 6) is 1.06. The zero-order valence-electron chi connectivity index (χ0n) is 15.4. The number of fused-ring (bicyclic) bond motifs is 1. The van der Waals surface area contributed by atoms with Crippen molar-refractivity contribution in [3.63, 3.8) is 0 Å². The Morgan fingerprint density at radius 3 is 2.71 bits per heavy atom. The maximum Gasteiger partial charge on any atom is 0.147 e. The van der Waals surface area contributed by atoms with Gasteiger partial charge in [0.05, 0.1) is 6.04 Å². The van der Waals surface area contributed by atoms with Gasteiger partial charge in [0.25, 0.3) is 0 Å². The highest BCUT2D eigenvalue weighted by Crippen LogP contribution is 2.33. The van der Waals surface area contributed by atoms with Gasteiger partial charge in [0, 0.05) is 24.2 Å². The Morgan fingerprint density at radius 1 is 1.33 bits per heavy atom. The zero-order valence-corrected chi connectivity index (χ0v) is 15.4. The van der Waals surface area contributed by atoms with Crippen LogP contribution in [0.15, 0.2) is 47.6 Å². The van der Waals surface area contributed by atoms with Crippen LogP contribution >= 0.6 is 0 Å². The quantitative estimate of drug-likeness (QED) is 0.600. The Hall–Kier alpha value is -2.36. The predicted molar refractivity (Wildman–Crippen MR) is 104 cm³/mol. The van der Waals surface area contributed by atoms with Crippen molar-refractivity contribution < 1.29 is 5.11 Å². The minimum absolute atomic E-state index is 0.00584. The number of aromatic nitrogens is 1. The summed E-state index contributed by atoms with van der Waals surface area (Å²) >= 11 is 0. The first kappa shape index (κ1) is 19.7. The lowest BCUT2D eigenvalue weighted by Gasteiger charge is -2.21. The maximum atomic E-state index is 10.6. The molecule has 0 radical (unpaired) electrons. The van der Waals surface area contributed by atoms with Crippen LogP contribution in [0.25, 0.3) is 10.9 Å². The summed E-state index contributed by atoms with van der Waals surface area (Å²) in [4.78, 5) is 8.54. The molecule has 0 amide bonds. The highest BCUT2D eigenvalue weighted by molar-refractivity contribution is 5.93. The van der Waals surface area contributed by atoms with Crippen molar-refractivity contribution >= 4 is 16.7 Å². The van der Waals surface area contributed by atoms with Gasteiger partial charge in [0.1, 0.15) is 17.1 Å². The van der Waals surface area contributed by atoms with Crippen molar-refractivity contribution in [3.05, 3.63) is 48.2 Å². The molecule has 0 fully saturated rings. The molecular weight excluding hydrogens is 298 g/mol. The molecule has 2 N–H and O–H groups in total. The second-order valence-corrected chi connectivity index (χ2v) is 5.17. The number of phenols is 1. The number of allylic oxidation sites excluding steroid dienone is 1. The second-order valence-electron chi connectivity index (χ2n) is 5.17. The van der Waals surface area contributed by atoms with Gasteiger partial charge in [-0.3, -0.25) is 9.98 Å². The van der Waals surface area contributed by atoms with E-state index in [0.717, 1.165) is 29.6 Å². The molecule has 1 aromatic heterocycles. The number of nitrogens with one attached hydrogen (secondary N) is 1. The van der Waals surface area contributed by atoms with Gasteiger partial charge in [0.15, 0.2) is 0 Å². The maximum absolute atomic E-state index is 10.6. The number of hydrogen-bond acceptors (Lipinski definition) is 3. The van der Waals surface area contributed by atoms with Crippen LogP contribution in [0.2, 0.25) is 0 Å². The van der Waals surface area contributed by atoms with E-state index in [1.165, 1.54) is 0 Å². The van der Waals surface area contributed by atoms with Crippen LogP contribution in [0.5, 0.6) is 5.75 Å². The van der Waals surface area contributed by atoms with Gasteiger partial charge in [-0.05, 0) is 25.5 Å². The van der Waals surface area contributed by atoms with Gasteiger partial charge >= 0.3 is 0 Å². The lowest BCUT2D eigenvalue weighted by Crippen LogP contribution is -2.27. The Balaban J connectivity index is 0.00000139. The smallest absolute Gasteiger partial charge is 0.147 e. The van der Waals surface area contributed by atoms with Crippen molar-refractivity contribution in [3.8, 4) is 5.75 Å². The predicted octanol–water partition coefficient (Wildman–Crippen LogP) is 5.00. The fourth-order valence-electron chi connectivity index (χ4n) is 2.54. The summed E-state index contributed by atoms with van der Waals surface area (Å²) in [7, 11) is 1.76. The summed E-state index contributed by atoms with van der Waals surface area (Å²) in [5, 5.41) is 14.9. The van der Waals surface area contributed by atoms with Crippen molar-refractivity contribution in [2.24, 2.45) is 4.99 Å². The summed E-state index contributed by atoms with van der Waals surface area (Å²) in [6, 6.07) is 7.80. The summed E-state index contributed by atoms with van der Waals surface area (Å²) in [5.41, 5.74) is 1.50. The highest BCUT2D eigenvalue weighted by Gasteiger charge is 2.17. The zero-order chi connectivity index (χ0) is 17.9. The van der Waals surface area contributed by atoms with Crippen LogP contribution in [-0.4, -0.2) is 23.0 Å². The number of rotatable bonds is 5. The van der Waals surface area contributed by atoms with Gasteiger partial charge in [-0.25, -0.2) is 0 Å². The third kappa shape index (κ3) is 4.82. The SMILES string of the molecule is C/C=C\C(=NC)NC(CCC)c1ccc2cccnc2c1O.CC. The number of benzene rings is 1. The van der Waals surface area contributed by atoms with E-state index < -0.39 is 0 Å². The molecule has 130 valence electrons. The van der Waals surface area contributed by atoms with E-state index in [9.17, 15) is 5.11 Å². The number of hydrogen-bond donors (Lipinski definition) is 2. The van der Waals surface area contributed by atoms with Gasteiger partial charge in [-0.1, -0.05) is 51.5 Å². The minimum Gasteiger partial charge on any atom is -0.505 e. The molecule has 1 atom stereocenters. The molecule has 0 aliphatic rings. The van der Waals surface area contributed by atoms with E-state index in [0.29, 0.717) is 5.52 Å². The Labute approximate surface area is 145 Å². The van der Waals surface area contributed by atoms with Gasteiger partial charge < -0.3 is 10.4 Å². The summed E-state index contributed by atoms with van der Waals surface area (Å²) in [6.07, 6.45) is 7.48. The van der Waals surface area contributed by atoms with E-state index in [1.807, 2.05) is 57.2 Å². The lowest BCUT2D eigenvalue weighted by atomic mass is 9.99. The molecule has 4 nitrogen and oxygen atoms in total. The molecule has 1 unspecified atom stereocenters. The molecular formula is C20H29N3O. The molecule has 0 spiro atoms. The summed E-state index contributed by atoms with van der Waals surface area (Å²) in [6.45, 7) is 8.09. The first-order valence-corrected chi connectivity index (χ1v) is 8.63. The fourth-order valence-corrected chi connectivity index (χ4v) is 2.54. The molecule has 0 aliphatic carbocycles. The van der Waals surface area contributed by atoms with Gasteiger partial charge in [-0.15, -0.1) is 0 Å². The number of aromatic hydroxyl groups is 1. The molecule has 0 saturated carbocycles. The van der Waals surface area contributed by atoms with Crippen molar-refractivity contribution in [2.45, 2.75) is 46.6 Å². The molecule has 1 heterocycles. The van der Waals surface area contributed by atoms with Gasteiger partial charge in [-0.2, -0.15) is 0 Å². The minimum atomic E-state index is 0.00584. The Morgan fingerprint density at radius 2 is 2.08 bits per heavy atom. The van der Waals surface area contributed by atoms with Crippen LogP contribution in [-0.2, 0) is 0 Å². The number of aliphatic imine (C=N–C) groups is 1. The third-order valence-electron chi connectivity index (χ3n) is 3.62. The van der Waals surface area contributed by atoms with Gasteiger partial charge in [0.2, 0.25) is 0 Å².